The summed E-state index contributed by atoms with van der Waals surface area (Å²) in [6, 6.07) is 3.94. The van der Waals surface area contributed by atoms with Crippen LogP contribution < -0.4 is 10.1 Å². The molecule has 0 fully saturated rings. The lowest BCUT2D eigenvalue weighted by Crippen LogP contribution is -2.40. The number of benzene rings is 1. The van der Waals surface area contributed by atoms with Gasteiger partial charge in [-0.25, -0.2) is 4.39 Å². The van der Waals surface area contributed by atoms with E-state index in [4.69, 9.17) is 4.74 Å². The summed E-state index contributed by atoms with van der Waals surface area (Å²) < 4.78 is 18.3. The molecule has 0 saturated carbocycles. The maximum absolute atomic E-state index is 13.5. The molecule has 0 aliphatic carbocycles. The minimum atomic E-state index is -0.613. The molecule has 0 bridgehead atoms. The van der Waals surface area contributed by atoms with E-state index in [1.165, 1.54) is 31.2 Å². The first-order valence-electron chi connectivity index (χ1n) is 6.23. The minimum absolute atomic E-state index is 0.00410. The standard InChI is InChI=1S/C14H19FN2O3/c1-9(2)16-13(18)8-17(3)14(19)10-5-6-12(20-4)11(15)7-10/h5-7,9H,8H2,1-4H3,(H,16,18). The second-order valence-corrected chi connectivity index (χ2v) is 4.73. The van der Waals surface area contributed by atoms with Crippen molar-refractivity contribution in [2.24, 2.45) is 0 Å². The summed E-state index contributed by atoms with van der Waals surface area (Å²) in [5.41, 5.74) is 0.170. The van der Waals surface area contributed by atoms with Crippen LogP contribution in [0.3, 0.4) is 0 Å². The lowest BCUT2D eigenvalue weighted by Gasteiger charge is -2.18. The third-order valence-electron chi connectivity index (χ3n) is 2.58. The van der Waals surface area contributed by atoms with Gasteiger partial charge in [-0.3, -0.25) is 9.59 Å². The Morgan fingerprint density at radius 1 is 1.40 bits per heavy atom. The van der Waals surface area contributed by atoms with E-state index in [-0.39, 0.29) is 29.8 Å². The van der Waals surface area contributed by atoms with E-state index in [1.807, 2.05) is 13.8 Å². The zero-order valence-corrected chi connectivity index (χ0v) is 12.1. The molecule has 1 rings (SSSR count). The van der Waals surface area contributed by atoms with Crippen molar-refractivity contribution in [1.82, 2.24) is 10.2 Å². The van der Waals surface area contributed by atoms with Crippen LogP contribution in [0.25, 0.3) is 0 Å². The van der Waals surface area contributed by atoms with Gasteiger partial charge in [-0.2, -0.15) is 0 Å². The van der Waals surface area contributed by atoms with Gasteiger partial charge in [0.2, 0.25) is 5.91 Å². The van der Waals surface area contributed by atoms with Gasteiger partial charge in [0.05, 0.1) is 13.7 Å². The molecule has 0 saturated heterocycles. The van der Waals surface area contributed by atoms with Gasteiger partial charge in [0.1, 0.15) is 0 Å². The molecule has 1 N–H and O–H groups in total. The largest absolute Gasteiger partial charge is 0.494 e. The number of halogens is 1. The van der Waals surface area contributed by atoms with Gasteiger partial charge in [0.15, 0.2) is 11.6 Å². The first kappa shape index (κ1) is 15.9. The van der Waals surface area contributed by atoms with Crippen LogP contribution in [-0.4, -0.2) is 43.5 Å². The number of hydrogen-bond donors (Lipinski definition) is 1. The number of methoxy groups -OCH3 is 1. The Bertz CT molecular complexity index is 503. The Labute approximate surface area is 117 Å². The van der Waals surface area contributed by atoms with Gasteiger partial charge in [0, 0.05) is 18.7 Å². The quantitative estimate of drug-likeness (QED) is 0.889. The van der Waals surface area contributed by atoms with Gasteiger partial charge >= 0.3 is 0 Å². The third kappa shape index (κ3) is 4.22. The van der Waals surface area contributed by atoms with Crippen LogP contribution in [0.15, 0.2) is 18.2 Å². The van der Waals surface area contributed by atoms with E-state index in [2.05, 4.69) is 5.32 Å². The molecule has 2 amide bonds. The average molecular weight is 282 g/mol. The molecule has 0 spiro atoms. The van der Waals surface area contributed by atoms with Crippen LogP contribution in [0.2, 0.25) is 0 Å². The number of rotatable bonds is 5. The van der Waals surface area contributed by atoms with Crippen molar-refractivity contribution >= 4 is 11.8 Å². The van der Waals surface area contributed by atoms with E-state index in [0.29, 0.717) is 0 Å². The number of ether oxygens (including phenoxy) is 1. The first-order chi connectivity index (χ1) is 9.35. The second kappa shape index (κ2) is 6.88. The fourth-order valence-corrected chi connectivity index (χ4v) is 1.67. The molecule has 0 aliphatic heterocycles. The topological polar surface area (TPSA) is 58.6 Å². The van der Waals surface area contributed by atoms with Crippen LogP contribution in [0.1, 0.15) is 24.2 Å². The number of nitrogens with one attached hydrogen (secondary N) is 1. The van der Waals surface area contributed by atoms with Gasteiger partial charge in [-0.15, -0.1) is 0 Å². The molecular formula is C14H19FN2O3. The Hall–Kier alpha value is -2.11. The highest BCUT2D eigenvalue weighted by Gasteiger charge is 2.17. The maximum atomic E-state index is 13.5. The molecule has 1 aromatic rings. The first-order valence-corrected chi connectivity index (χ1v) is 6.23. The Kier molecular flexibility index (Phi) is 5.49. The number of amides is 2. The van der Waals surface area contributed by atoms with Crippen molar-refractivity contribution in [1.29, 1.82) is 0 Å². The van der Waals surface area contributed by atoms with Gasteiger partial charge < -0.3 is 15.0 Å². The lowest BCUT2D eigenvalue weighted by molar-refractivity contribution is -0.122. The number of nitrogens with zero attached hydrogens (tertiary/aromatic N) is 1. The highest BCUT2D eigenvalue weighted by molar-refractivity contribution is 5.96. The highest BCUT2D eigenvalue weighted by Crippen LogP contribution is 2.18. The van der Waals surface area contributed by atoms with Crippen molar-refractivity contribution < 1.29 is 18.7 Å². The summed E-state index contributed by atoms with van der Waals surface area (Å²) >= 11 is 0. The van der Waals surface area contributed by atoms with E-state index < -0.39 is 11.7 Å². The molecule has 5 nitrogen and oxygen atoms in total. The summed E-state index contributed by atoms with van der Waals surface area (Å²) in [4.78, 5) is 24.9. The van der Waals surface area contributed by atoms with Gasteiger partial charge in [0.25, 0.3) is 5.91 Å². The molecule has 0 unspecified atom stereocenters. The molecule has 20 heavy (non-hydrogen) atoms. The molecule has 6 heteroatoms. The van der Waals surface area contributed by atoms with E-state index in [1.54, 1.807) is 0 Å². The third-order valence-corrected chi connectivity index (χ3v) is 2.58. The zero-order valence-electron chi connectivity index (χ0n) is 12.1. The van der Waals surface area contributed by atoms with Crippen molar-refractivity contribution in [3.63, 3.8) is 0 Å². The van der Waals surface area contributed by atoms with Crippen molar-refractivity contribution in [2.45, 2.75) is 19.9 Å². The monoisotopic (exact) mass is 282 g/mol. The Morgan fingerprint density at radius 2 is 2.05 bits per heavy atom. The van der Waals surface area contributed by atoms with Crippen LogP contribution in [0, 0.1) is 5.82 Å². The molecule has 1 aromatic carbocycles. The zero-order chi connectivity index (χ0) is 15.3. The Morgan fingerprint density at radius 3 is 2.55 bits per heavy atom. The summed E-state index contributed by atoms with van der Waals surface area (Å²) in [5, 5.41) is 2.68. The summed E-state index contributed by atoms with van der Waals surface area (Å²) in [6.07, 6.45) is 0. The van der Waals surface area contributed by atoms with Crippen LogP contribution in [-0.2, 0) is 4.79 Å². The minimum Gasteiger partial charge on any atom is -0.494 e. The molecule has 0 atom stereocenters. The summed E-state index contributed by atoms with van der Waals surface area (Å²) in [7, 11) is 2.84. The molecular weight excluding hydrogens is 263 g/mol. The maximum Gasteiger partial charge on any atom is 0.254 e. The normalized spacial score (nSPS) is 10.3. The number of likely N-dealkylation sites (N-methyl/N-ethyl adjacent to an activating group) is 1. The van der Waals surface area contributed by atoms with Crippen LogP contribution >= 0.6 is 0 Å². The SMILES string of the molecule is COc1ccc(C(=O)N(C)CC(=O)NC(C)C)cc1F. The lowest BCUT2D eigenvalue weighted by atomic mass is 10.2. The average Bonchev–Trinajstić information content (AvgIpc) is 2.36. The predicted molar refractivity (Wildman–Crippen MR) is 73.2 cm³/mol. The fraction of sp³-hybridized carbons (Fsp3) is 0.429. The highest BCUT2D eigenvalue weighted by atomic mass is 19.1. The predicted octanol–water partition coefficient (Wildman–Crippen LogP) is 1.43. The van der Waals surface area contributed by atoms with E-state index in [9.17, 15) is 14.0 Å². The molecule has 0 heterocycles. The van der Waals surface area contributed by atoms with Crippen molar-refractivity contribution in [3.05, 3.63) is 29.6 Å². The Balaban J connectivity index is 2.74. The van der Waals surface area contributed by atoms with Crippen LogP contribution in [0.4, 0.5) is 4.39 Å². The van der Waals surface area contributed by atoms with E-state index >= 15 is 0 Å². The number of carbonyl (C=O) groups is 2. The molecule has 0 radical (unpaired) electrons. The summed E-state index contributed by atoms with van der Waals surface area (Å²) in [6.45, 7) is 3.59. The van der Waals surface area contributed by atoms with Gasteiger partial charge in [-0.05, 0) is 32.0 Å². The number of hydrogen-bond acceptors (Lipinski definition) is 3. The molecule has 0 aromatic heterocycles. The second-order valence-electron chi connectivity index (χ2n) is 4.73. The molecule has 110 valence electrons. The molecule has 0 aliphatic rings. The fourth-order valence-electron chi connectivity index (χ4n) is 1.67. The van der Waals surface area contributed by atoms with Crippen molar-refractivity contribution in [3.8, 4) is 5.75 Å². The number of carbonyl (C=O) groups excluding carboxylic acids is 2. The summed E-state index contributed by atoms with van der Waals surface area (Å²) in [5.74, 6) is -1.23. The van der Waals surface area contributed by atoms with Crippen molar-refractivity contribution in [2.75, 3.05) is 20.7 Å². The van der Waals surface area contributed by atoms with Gasteiger partial charge in [-0.1, -0.05) is 0 Å². The van der Waals surface area contributed by atoms with E-state index in [0.717, 1.165) is 6.07 Å². The smallest absolute Gasteiger partial charge is 0.254 e. The van der Waals surface area contributed by atoms with Crippen LogP contribution in [0.5, 0.6) is 5.75 Å².